The van der Waals surface area contributed by atoms with Gasteiger partial charge < -0.3 is 16.0 Å². The molecule has 4 aromatic rings. The number of hydrogen-bond donors (Lipinski definition) is 3. The highest BCUT2D eigenvalue weighted by atomic mass is 19.1. The summed E-state index contributed by atoms with van der Waals surface area (Å²) < 4.78 is 24.8. The summed E-state index contributed by atoms with van der Waals surface area (Å²) >= 11 is 0. The number of amides is 1. The Labute approximate surface area is 200 Å². The van der Waals surface area contributed by atoms with Crippen molar-refractivity contribution in [2.24, 2.45) is 5.92 Å². The van der Waals surface area contributed by atoms with Crippen LogP contribution in [0.2, 0.25) is 0 Å². The van der Waals surface area contributed by atoms with Crippen LogP contribution in [0.5, 0.6) is 0 Å². The second-order valence-corrected chi connectivity index (χ2v) is 8.37. The van der Waals surface area contributed by atoms with E-state index >= 15 is 0 Å². The van der Waals surface area contributed by atoms with Crippen LogP contribution in [0.25, 0.3) is 22.4 Å². The number of aromatic nitrogens is 3. The average molecular weight is 478 g/mol. The standard InChI is InChI=1S/C19H21N5O.C7H4F2O/c20-14-8-6-12(7-9-14)18-22-15-10-17(21-11-16(15)23-18)24-19(25)13-4-2-1-3-5-13;8-6-2-1-3-7(9)5(6)4-10/h6-11,13H,1-5,20H2,(H,22,23)(H,21,24,25);1-4H. The smallest absolute Gasteiger partial charge is 0.228 e. The van der Waals surface area contributed by atoms with E-state index < -0.39 is 17.2 Å². The van der Waals surface area contributed by atoms with Gasteiger partial charge in [0.1, 0.15) is 23.3 Å². The molecule has 0 saturated heterocycles. The first-order valence-corrected chi connectivity index (χ1v) is 11.4. The predicted molar refractivity (Wildman–Crippen MR) is 131 cm³/mol. The summed E-state index contributed by atoms with van der Waals surface area (Å²) in [6.45, 7) is 0. The second-order valence-electron chi connectivity index (χ2n) is 8.37. The van der Waals surface area contributed by atoms with E-state index in [-0.39, 0.29) is 18.1 Å². The van der Waals surface area contributed by atoms with Gasteiger partial charge in [-0.2, -0.15) is 0 Å². The van der Waals surface area contributed by atoms with E-state index in [0.29, 0.717) is 11.5 Å². The van der Waals surface area contributed by atoms with Crippen LogP contribution in [0.4, 0.5) is 20.3 Å². The molecule has 0 bridgehead atoms. The molecule has 5 rings (SSSR count). The summed E-state index contributed by atoms with van der Waals surface area (Å²) in [4.78, 5) is 34.5. The third kappa shape index (κ3) is 5.87. The molecule has 0 unspecified atom stereocenters. The number of hydrogen-bond acceptors (Lipinski definition) is 5. The fraction of sp³-hybridized carbons (Fsp3) is 0.231. The number of anilines is 2. The molecule has 2 aromatic carbocycles. The highest BCUT2D eigenvalue weighted by Crippen LogP contribution is 2.26. The van der Waals surface area contributed by atoms with Crippen molar-refractivity contribution in [3.8, 4) is 11.4 Å². The maximum Gasteiger partial charge on any atom is 0.228 e. The number of aromatic amines is 1. The molecule has 9 heteroatoms. The van der Waals surface area contributed by atoms with Crippen molar-refractivity contribution in [3.63, 3.8) is 0 Å². The van der Waals surface area contributed by atoms with Crippen LogP contribution in [0.1, 0.15) is 42.5 Å². The molecule has 1 aliphatic rings. The topological polar surface area (TPSA) is 114 Å². The molecule has 0 spiro atoms. The molecule has 1 saturated carbocycles. The Balaban J connectivity index is 0.000000243. The van der Waals surface area contributed by atoms with Gasteiger partial charge in [0.25, 0.3) is 0 Å². The van der Waals surface area contributed by atoms with Crippen LogP contribution >= 0.6 is 0 Å². The molecule has 0 aliphatic heterocycles. The molecule has 0 radical (unpaired) electrons. The van der Waals surface area contributed by atoms with Gasteiger partial charge in [-0.15, -0.1) is 0 Å². The number of fused-ring (bicyclic) bond motifs is 1. The van der Waals surface area contributed by atoms with Crippen LogP contribution in [-0.4, -0.2) is 27.1 Å². The zero-order chi connectivity index (χ0) is 24.8. The van der Waals surface area contributed by atoms with Crippen molar-refractivity contribution in [3.05, 3.63) is 71.9 Å². The summed E-state index contributed by atoms with van der Waals surface area (Å²) in [5, 5.41) is 2.94. The number of benzene rings is 2. The predicted octanol–water partition coefficient (Wildman–Crippen LogP) is 5.50. The number of nitrogens with two attached hydrogens (primary N) is 1. The molecule has 2 heterocycles. The number of nitrogens with one attached hydrogen (secondary N) is 2. The first-order valence-electron chi connectivity index (χ1n) is 11.4. The fourth-order valence-corrected chi connectivity index (χ4v) is 3.97. The molecule has 7 nitrogen and oxygen atoms in total. The third-order valence-electron chi connectivity index (χ3n) is 5.90. The van der Waals surface area contributed by atoms with Crippen molar-refractivity contribution in [2.45, 2.75) is 32.1 Å². The summed E-state index contributed by atoms with van der Waals surface area (Å²) in [6, 6.07) is 12.6. The summed E-state index contributed by atoms with van der Waals surface area (Å²) in [7, 11) is 0. The SMILES string of the molecule is Nc1ccc(-c2nc3cc(NC(=O)C4CCCCC4)ncc3[nH]2)cc1.O=Cc1c(F)cccc1F. The van der Waals surface area contributed by atoms with E-state index in [1.807, 2.05) is 30.3 Å². The van der Waals surface area contributed by atoms with Gasteiger partial charge in [0.2, 0.25) is 5.91 Å². The van der Waals surface area contributed by atoms with Crippen molar-refractivity contribution in [1.29, 1.82) is 0 Å². The minimum Gasteiger partial charge on any atom is -0.399 e. The van der Waals surface area contributed by atoms with Gasteiger partial charge in [-0.05, 0) is 49.2 Å². The zero-order valence-electron chi connectivity index (χ0n) is 18.9. The number of carbonyl (C=O) groups excluding carboxylic acids is 2. The van der Waals surface area contributed by atoms with E-state index in [1.54, 1.807) is 6.20 Å². The lowest BCUT2D eigenvalue weighted by Gasteiger charge is -2.20. The molecular formula is C26H25F2N5O2. The normalized spacial score (nSPS) is 13.7. The van der Waals surface area contributed by atoms with Gasteiger partial charge in [0.15, 0.2) is 6.29 Å². The maximum absolute atomic E-state index is 12.4. The van der Waals surface area contributed by atoms with Gasteiger partial charge in [-0.3, -0.25) is 9.59 Å². The Bertz CT molecular complexity index is 1310. The first kappa shape index (κ1) is 24.0. The van der Waals surface area contributed by atoms with Crippen LogP contribution < -0.4 is 11.1 Å². The monoisotopic (exact) mass is 477 g/mol. The van der Waals surface area contributed by atoms with E-state index in [2.05, 4.69) is 20.3 Å². The molecule has 4 N–H and O–H groups in total. The van der Waals surface area contributed by atoms with Crippen LogP contribution in [0.3, 0.4) is 0 Å². The Hall–Kier alpha value is -4.14. The number of nitrogens with zero attached hydrogens (tertiary/aromatic N) is 2. The van der Waals surface area contributed by atoms with Crippen molar-refractivity contribution < 1.29 is 18.4 Å². The molecule has 2 aromatic heterocycles. The van der Waals surface area contributed by atoms with E-state index in [1.165, 1.54) is 12.5 Å². The summed E-state index contributed by atoms with van der Waals surface area (Å²) in [6.07, 6.45) is 7.30. The van der Waals surface area contributed by atoms with Gasteiger partial charge >= 0.3 is 0 Å². The lowest BCUT2D eigenvalue weighted by Crippen LogP contribution is -2.25. The molecular weight excluding hydrogens is 452 g/mol. The van der Waals surface area contributed by atoms with E-state index in [0.717, 1.165) is 60.2 Å². The number of halogens is 2. The lowest BCUT2D eigenvalue weighted by molar-refractivity contribution is -0.120. The number of rotatable bonds is 4. The van der Waals surface area contributed by atoms with Gasteiger partial charge in [0, 0.05) is 23.2 Å². The number of carbonyl (C=O) groups is 2. The highest BCUT2D eigenvalue weighted by Gasteiger charge is 2.21. The Morgan fingerprint density at radius 3 is 2.37 bits per heavy atom. The minimum atomic E-state index is -0.824. The molecule has 0 atom stereocenters. The maximum atomic E-state index is 12.4. The number of pyridine rings is 1. The second kappa shape index (κ2) is 10.9. The molecule has 1 aliphatic carbocycles. The van der Waals surface area contributed by atoms with E-state index in [9.17, 15) is 18.4 Å². The Kier molecular flexibility index (Phi) is 7.45. The van der Waals surface area contributed by atoms with Crippen molar-refractivity contribution in [1.82, 2.24) is 15.0 Å². The van der Waals surface area contributed by atoms with E-state index in [4.69, 9.17) is 5.73 Å². The number of H-pyrrole nitrogens is 1. The highest BCUT2D eigenvalue weighted by molar-refractivity contribution is 5.93. The van der Waals surface area contributed by atoms with Crippen molar-refractivity contribution >= 4 is 34.7 Å². The Morgan fingerprint density at radius 1 is 1.06 bits per heavy atom. The number of aldehydes is 1. The fourth-order valence-electron chi connectivity index (χ4n) is 3.97. The largest absolute Gasteiger partial charge is 0.399 e. The number of imidazole rings is 1. The van der Waals surface area contributed by atoms with Crippen LogP contribution in [0.15, 0.2) is 54.7 Å². The van der Waals surface area contributed by atoms with Gasteiger partial charge in [0.05, 0.1) is 22.8 Å². The number of nitrogen functional groups attached to an aromatic ring is 1. The zero-order valence-corrected chi connectivity index (χ0v) is 18.9. The molecule has 35 heavy (non-hydrogen) atoms. The summed E-state index contributed by atoms with van der Waals surface area (Å²) in [5.41, 5.74) is 8.50. The molecule has 1 amide bonds. The Morgan fingerprint density at radius 2 is 1.74 bits per heavy atom. The quantitative estimate of drug-likeness (QED) is 0.265. The third-order valence-corrected chi connectivity index (χ3v) is 5.90. The summed E-state index contributed by atoms with van der Waals surface area (Å²) in [5.74, 6) is -0.160. The molecule has 180 valence electrons. The van der Waals surface area contributed by atoms with Gasteiger partial charge in [-0.25, -0.2) is 18.7 Å². The van der Waals surface area contributed by atoms with Crippen LogP contribution in [-0.2, 0) is 4.79 Å². The van der Waals surface area contributed by atoms with Crippen LogP contribution in [0, 0.1) is 17.6 Å². The average Bonchev–Trinajstić information content (AvgIpc) is 3.29. The first-order chi connectivity index (χ1) is 16.9. The molecule has 1 fully saturated rings. The van der Waals surface area contributed by atoms with Gasteiger partial charge in [-0.1, -0.05) is 25.3 Å². The lowest BCUT2D eigenvalue weighted by atomic mass is 9.89. The minimum absolute atomic E-state index is 0.0702. The van der Waals surface area contributed by atoms with Crippen molar-refractivity contribution in [2.75, 3.05) is 11.1 Å².